The van der Waals surface area contributed by atoms with Crippen LogP contribution in [0.5, 0.6) is 0 Å². The van der Waals surface area contributed by atoms with E-state index in [1.165, 1.54) is 22.1 Å². The van der Waals surface area contributed by atoms with Gasteiger partial charge >= 0.3 is 6.09 Å². The van der Waals surface area contributed by atoms with E-state index in [0.717, 1.165) is 30.9 Å². The highest BCUT2D eigenvalue weighted by Gasteiger charge is 2.31. The van der Waals surface area contributed by atoms with Crippen molar-refractivity contribution in [1.82, 2.24) is 9.78 Å². The van der Waals surface area contributed by atoms with Gasteiger partial charge in [-0.25, -0.2) is 9.18 Å². The number of benzene rings is 2. The highest BCUT2D eigenvalue weighted by atomic mass is 19.1. The molecule has 7 heteroatoms. The van der Waals surface area contributed by atoms with Gasteiger partial charge in [0, 0.05) is 31.8 Å². The van der Waals surface area contributed by atoms with E-state index in [9.17, 15) is 9.18 Å². The Hall–Kier alpha value is -3.35. The van der Waals surface area contributed by atoms with Crippen LogP contribution < -0.4 is 9.80 Å². The molecule has 0 radical (unpaired) electrons. The second-order valence-electron chi connectivity index (χ2n) is 7.84. The zero-order chi connectivity index (χ0) is 20.8. The molecule has 5 rings (SSSR count). The molecule has 1 amide bonds. The number of ether oxygens (including phenoxy) is 1. The Morgan fingerprint density at radius 1 is 1.13 bits per heavy atom. The third kappa shape index (κ3) is 3.10. The smallest absolute Gasteiger partial charge is 0.414 e. The summed E-state index contributed by atoms with van der Waals surface area (Å²) in [5.41, 5.74) is 4.31. The number of aryl methyl sites for hydroxylation is 1. The van der Waals surface area contributed by atoms with Crippen LogP contribution >= 0.6 is 0 Å². The average molecular weight is 406 g/mol. The number of amides is 1. The van der Waals surface area contributed by atoms with Gasteiger partial charge in [0.25, 0.3) is 0 Å². The van der Waals surface area contributed by atoms with E-state index in [4.69, 9.17) is 4.74 Å². The van der Waals surface area contributed by atoms with E-state index in [-0.39, 0.29) is 11.9 Å². The fourth-order valence-corrected chi connectivity index (χ4v) is 4.25. The van der Waals surface area contributed by atoms with Crippen LogP contribution in [0.4, 0.5) is 20.7 Å². The molecule has 1 fully saturated rings. The van der Waals surface area contributed by atoms with Gasteiger partial charge in [-0.2, -0.15) is 5.10 Å². The number of hydrogen-bond donors (Lipinski definition) is 0. The summed E-state index contributed by atoms with van der Waals surface area (Å²) in [4.78, 5) is 15.8. The number of carbonyl (C=O) groups excluding carboxylic acids is 1. The second-order valence-corrected chi connectivity index (χ2v) is 7.84. The normalized spacial score (nSPS) is 18.1. The standard InChI is InChI=1S/C23H23FN4O2/c1-3-19-14-28(23(29)30-19)18-6-7-20(21(24)11-18)15-4-5-16-12-27(13-17(16)10-15)22-8-9-25-26(22)2/h4-11,19H,3,12-14H2,1-2H3/t19-/m0/s1. The number of anilines is 2. The molecule has 2 aliphatic heterocycles. The van der Waals surface area contributed by atoms with Crippen LogP contribution in [0.1, 0.15) is 24.5 Å². The van der Waals surface area contributed by atoms with Crippen molar-refractivity contribution in [2.45, 2.75) is 32.5 Å². The topological polar surface area (TPSA) is 50.6 Å². The largest absolute Gasteiger partial charge is 0.444 e. The Kier molecular flexibility index (Phi) is 4.46. The molecule has 0 aliphatic carbocycles. The first kappa shape index (κ1) is 18.7. The number of rotatable bonds is 4. The predicted molar refractivity (Wildman–Crippen MR) is 113 cm³/mol. The van der Waals surface area contributed by atoms with Gasteiger partial charge in [0.1, 0.15) is 17.7 Å². The number of hydrogen-bond acceptors (Lipinski definition) is 4. The van der Waals surface area contributed by atoms with Gasteiger partial charge in [-0.1, -0.05) is 19.1 Å². The highest BCUT2D eigenvalue weighted by molar-refractivity contribution is 5.90. The predicted octanol–water partition coefficient (Wildman–Crippen LogP) is 4.48. The molecule has 6 nitrogen and oxygen atoms in total. The Labute approximate surface area is 174 Å². The number of aromatic nitrogens is 2. The van der Waals surface area contributed by atoms with Crippen LogP contribution in [0.25, 0.3) is 11.1 Å². The lowest BCUT2D eigenvalue weighted by Crippen LogP contribution is -2.24. The summed E-state index contributed by atoms with van der Waals surface area (Å²) in [6.45, 7) is 4.00. The molecular weight excluding hydrogens is 383 g/mol. The summed E-state index contributed by atoms with van der Waals surface area (Å²) in [6.07, 6.45) is 1.98. The summed E-state index contributed by atoms with van der Waals surface area (Å²) in [7, 11) is 1.93. The molecular formula is C23H23FN4O2. The summed E-state index contributed by atoms with van der Waals surface area (Å²) in [5, 5.41) is 4.25. The first-order valence-electron chi connectivity index (χ1n) is 10.2. The van der Waals surface area contributed by atoms with Crippen LogP contribution in [0.15, 0.2) is 48.7 Å². The third-order valence-corrected chi connectivity index (χ3v) is 5.95. The molecule has 1 atom stereocenters. The zero-order valence-electron chi connectivity index (χ0n) is 17.0. The van der Waals surface area contributed by atoms with Crippen LogP contribution in [0.2, 0.25) is 0 Å². The SMILES string of the molecule is CC[C@H]1CN(c2ccc(-c3ccc4c(c3)CN(c3ccnn3C)C4)c(F)c2)C(=O)O1. The monoisotopic (exact) mass is 406 g/mol. The Morgan fingerprint density at radius 2 is 1.97 bits per heavy atom. The summed E-state index contributed by atoms with van der Waals surface area (Å²) < 4.78 is 22.1. The molecule has 0 saturated carbocycles. The molecule has 1 aromatic heterocycles. The number of fused-ring (bicyclic) bond motifs is 1. The second kappa shape index (κ2) is 7.16. The van der Waals surface area contributed by atoms with Gasteiger partial charge in [0.05, 0.1) is 18.4 Å². The zero-order valence-corrected chi connectivity index (χ0v) is 17.0. The number of nitrogens with zero attached hydrogens (tertiary/aromatic N) is 4. The molecule has 0 spiro atoms. The average Bonchev–Trinajstić information content (AvgIpc) is 3.44. The van der Waals surface area contributed by atoms with Gasteiger partial charge in [-0.3, -0.25) is 9.58 Å². The third-order valence-electron chi connectivity index (χ3n) is 5.95. The molecule has 154 valence electrons. The van der Waals surface area contributed by atoms with Gasteiger partial charge in [0.2, 0.25) is 0 Å². The lowest BCUT2D eigenvalue weighted by Gasteiger charge is -2.16. The van der Waals surface area contributed by atoms with Crippen LogP contribution in [-0.4, -0.2) is 28.5 Å². The molecule has 1 saturated heterocycles. The maximum atomic E-state index is 15.0. The molecule has 2 aliphatic rings. The minimum absolute atomic E-state index is 0.140. The minimum atomic E-state index is -0.415. The Morgan fingerprint density at radius 3 is 2.67 bits per heavy atom. The quantitative estimate of drug-likeness (QED) is 0.641. The van der Waals surface area contributed by atoms with E-state index in [2.05, 4.69) is 22.1 Å². The van der Waals surface area contributed by atoms with Crippen LogP contribution in [0, 0.1) is 5.82 Å². The van der Waals surface area contributed by atoms with Crippen LogP contribution in [0.3, 0.4) is 0 Å². The number of cyclic esters (lactones) is 1. The van der Waals surface area contributed by atoms with Gasteiger partial charge in [-0.05, 0) is 47.4 Å². The fourth-order valence-electron chi connectivity index (χ4n) is 4.25. The van der Waals surface area contributed by atoms with E-state index >= 15 is 0 Å². The first-order chi connectivity index (χ1) is 14.5. The maximum absolute atomic E-state index is 15.0. The molecule has 3 heterocycles. The van der Waals surface area contributed by atoms with Crippen molar-refractivity contribution in [3.05, 3.63) is 65.6 Å². The fraction of sp³-hybridized carbons (Fsp3) is 0.304. The summed E-state index contributed by atoms with van der Waals surface area (Å²) in [5.74, 6) is 0.716. The van der Waals surface area contributed by atoms with Crippen molar-refractivity contribution in [3.63, 3.8) is 0 Å². The van der Waals surface area contributed by atoms with E-state index in [0.29, 0.717) is 17.8 Å². The van der Waals surface area contributed by atoms with Gasteiger partial charge < -0.3 is 9.64 Å². The Balaban J connectivity index is 1.40. The van der Waals surface area contributed by atoms with Gasteiger partial charge in [-0.15, -0.1) is 0 Å². The lowest BCUT2D eigenvalue weighted by atomic mass is 10.00. The summed E-state index contributed by atoms with van der Waals surface area (Å²) in [6, 6.07) is 13.0. The molecule has 0 bridgehead atoms. The molecule has 0 unspecified atom stereocenters. The molecule has 2 aromatic carbocycles. The van der Waals surface area contributed by atoms with E-state index in [1.807, 2.05) is 30.8 Å². The number of carbonyl (C=O) groups is 1. The molecule has 3 aromatic rings. The van der Waals surface area contributed by atoms with E-state index < -0.39 is 6.09 Å². The minimum Gasteiger partial charge on any atom is -0.444 e. The van der Waals surface area contributed by atoms with Crippen molar-refractivity contribution in [3.8, 4) is 11.1 Å². The van der Waals surface area contributed by atoms with Gasteiger partial charge in [0.15, 0.2) is 0 Å². The van der Waals surface area contributed by atoms with Crippen molar-refractivity contribution in [2.75, 3.05) is 16.3 Å². The first-order valence-corrected chi connectivity index (χ1v) is 10.2. The number of halogens is 1. The van der Waals surface area contributed by atoms with Crippen molar-refractivity contribution in [1.29, 1.82) is 0 Å². The van der Waals surface area contributed by atoms with Crippen LogP contribution in [-0.2, 0) is 24.9 Å². The lowest BCUT2D eigenvalue weighted by molar-refractivity contribution is 0.139. The maximum Gasteiger partial charge on any atom is 0.414 e. The van der Waals surface area contributed by atoms with Crippen molar-refractivity contribution >= 4 is 17.6 Å². The molecule has 0 N–H and O–H groups in total. The summed E-state index contributed by atoms with van der Waals surface area (Å²) >= 11 is 0. The van der Waals surface area contributed by atoms with E-state index in [1.54, 1.807) is 18.3 Å². The Bertz CT molecular complexity index is 1130. The molecule has 30 heavy (non-hydrogen) atoms. The van der Waals surface area contributed by atoms with Crippen molar-refractivity contribution in [2.24, 2.45) is 7.05 Å². The highest BCUT2D eigenvalue weighted by Crippen LogP contribution is 2.34. The van der Waals surface area contributed by atoms with Crippen molar-refractivity contribution < 1.29 is 13.9 Å².